The van der Waals surface area contributed by atoms with Crippen LogP contribution in [0.1, 0.15) is 0 Å². The van der Waals surface area contributed by atoms with Crippen LogP contribution in [0.2, 0.25) is 0 Å². The SMILES string of the molecule is Oc1c(Br)cc(Br)c(I)c1Br. The van der Waals surface area contributed by atoms with Gasteiger partial charge in [0.25, 0.3) is 0 Å². The lowest BCUT2D eigenvalue weighted by atomic mass is 10.3. The zero-order chi connectivity index (χ0) is 8.59. The molecule has 11 heavy (non-hydrogen) atoms. The molecule has 0 bridgehead atoms. The Labute approximate surface area is 103 Å². The Morgan fingerprint density at radius 2 is 1.73 bits per heavy atom. The Bertz CT molecular complexity index is 274. The van der Waals surface area contributed by atoms with E-state index in [1.165, 1.54) is 0 Å². The van der Waals surface area contributed by atoms with Crippen LogP contribution in [0.25, 0.3) is 0 Å². The molecule has 0 atom stereocenters. The normalized spacial score (nSPS) is 10.2. The number of phenolic OH excluding ortho intramolecular Hbond substituents is 1. The second-order valence-electron chi connectivity index (χ2n) is 1.82. The zero-order valence-electron chi connectivity index (χ0n) is 5.04. The van der Waals surface area contributed by atoms with Crippen molar-refractivity contribution in [1.29, 1.82) is 0 Å². The fraction of sp³-hybridized carbons (Fsp3) is 0. The lowest BCUT2D eigenvalue weighted by Gasteiger charge is -2.04. The monoisotopic (exact) mass is 454 g/mol. The lowest BCUT2D eigenvalue weighted by molar-refractivity contribution is 0.468. The first kappa shape index (κ1) is 10.3. The fourth-order valence-corrected chi connectivity index (χ4v) is 3.09. The van der Waals surface area contributed by atoms with Gasteiger partial charge in [-0.1, -0.05) is 0 Å². The second kappa shape index (κ2) is 3.93. The van der Waals surface area contributed by atoms with Crippen molar-refractivity contribution in [3.05, 3.63) is 23.1 Å². The maximum Gasteiger partial charge on any atom is 0.145 e. The predicted molar refractivity (Wildman–Crippen MR) is 63.9 cm³/mol. The van der Waals surface area contributed by atoms with Crippen LogP contribution in [0, 0.1) is 3.57 Å². The van der Waals surface area contributed by atoms with Crippen molar-refractivity contribution in [3.63, 3.8) is 0 Å². The largest absolute Gasteiger partial charge is 0.506 e. The summed E-state index contributed by atoms with van der Waals surface area (Å²) in [7, 11) is 0. The van der Waals surface area contributed by atoms with Gasteiger partial charge in [-0.3, -0.25) is 0 Å². The smallest absolute Gasteiger partial charge is 0.145 e. The van der Waals surface area contributed by atoms with E-state index in [9.17, 15) is 5.11 Å². The first-order valence-corrected chi connectivity index (χ1v) is 6.01. The van der Waals surface area contributed by atoms with Gasteiger partial charge in [0, 0.05) is 8.04 Å². The van der Waals surface area contributed by atoms with Gasteiger partial charge in [0.2, 0.25) is 0 Å². The van der Waals surface area contributed by atoms with Gasteiger partial charge in [-0.05, 0) is 76.4 Å². The van der Waals surface area contributed by atoms with Crippen LogP contribution < -0.4 is 0 Å². The van der Waals surface area contributed by atoms with E-state index in [2.05, 4.69) is 70.4 Å². The van der Waals surface area contributed by atoms with Crippen LogP contribution in [0.5, 0.6) is 5.75 Å². The third-order valence-corrected chi connectivity index (χ3v) is 5.69. The minimum Gasteiger partial charge on any atom is -0.506 e. The van der Waals surface area contributed by atoms with Crippen LogP contribution in [0.15, 0.2) is 19.5 Å². The minimum absolute atomic E-state index is 0.234. The first-order chi connectivity index (χ1) is 5.04. The molecule has 0 unspecified atom stereocenters. The van der Waals surface area contributed by atoms with Gasteiger partial charge in [-0.15, -0.1) is 0 Å². The fourth-order valence-electron chi connectivity index (χ4n) is 0.557. The Hall–Kier alpha value is 1.19. The van der Waals surface area contributed by atoms with E-state index in [-0.39, 0.29) is 5.75 Å². The Balaban J connectivity index is 3.46. The summed E-state index contributed by atoms with van der Waals surface area (Å²) >= 11 is 12.0. The molecular formula is C6H2Br3IO. The molecule has 0 saturated carbocycles. The molecule has 0 saturated heterocycles. The van der Waals surface area contributed by atoms with Crippen molar-refractivity contribution < 1.29 is 5.11 Å². The summed E-state index contributed by atoms with van der Waals surface area (Å²) in [6.45, 7) is 0. The summed E-state index contributed by atoms with van der Waals surface area (Å²) in [5.41, 5.74) is 0. The van der Waals surface area contributed by atoms with Gasteiger partial charge < -0.3 is 5.11 Å². The van der Waals surface area contributed by atoms with Crippen molar-refractivity contribution in [2.24, 2.45) is 0 Å². The summed E-state index contributed by atoms with van der Waals surface area (Å²) in [5, 5.41) is 9.39. The van der Waals surface area contributed by atoms with Gasteiger partial charge in [-0.2, -0.15) is 0 Å². The molecule has 60 valence electrons. The Morgan fingerprint density at radius 1 is 1.18 bits per heavy atom. The maximum absolute atomic E-state index is 9.39. The zero-order valence-corrected chi connectivity index (χ0v) is 12.0. The van der Waals surface area contributed by atoms with E-state index < -0.39 is 0 Å². The van der Waals surface area contributed by atoms with Crippen LogP contribution in [0.3, 0.4) is 0 Å². The van der Waals surface area contributed by atoms with Gasteiger partial charge in [-0.25, -0.2) is 0 Å². The maximum atomic E-state index is 9.39. The molecular weight excluding hydrogens is 455 g/mol. The Kier molecular flexibility index (Phi) is 3.67. The van der Waals surface area contributed by atoms with E-state index in [0.29, 0.717) is 8.95 Å². The van der Waals surface area contributed by atoms with Crippen molar-refractivity contribution in [3.8, 4) is 5.75 Å². The number of aromatic hydroxyl groups is 1. The number of hydrogen-bond acceptors (Lipinski definition) is 1. The molecule has 1 N–H and O–H groups in total. The molecule has 1 nitrogen and oxygen atoms in total. The van der Waals surface area contributed by atoms with Crippen molar-refractivity contribution >= 4 is 70.4 Å². The van der Waals surface area contributed by atoms with E-state index >= 15 is 0 Å². The molecule has 0 aromatic heterocycles. The van der Waals surface area contributed by atoms with E-state index in [4.69, 9.17) is 0 Å². The molecule has 0 fully saturated rings. The molecule has 0 radical (unpaired) electrons. The van der Waals surface area contributed by atoms with Gasteiger partial charge in [0.15, 0.2) is 0 Å². The predicted octanol–water partition coefficient (Wildman–Crippen LogP) is 4.28. The number of hydrogen-bond donors (Lipinski definition) is 1. The summed E-state index contributed by atoms with van der Waals surface area (Å²) in [6.07, 6.45) is 0. The van der Waals surface area contributed by atoms with Gasteiger partial charge >= 0.3 is 0 Å². The van der Waals surface area contributed by atoms with Crippen molar-refractivity contribution in [2.75, 3.05) is 0 Å². The number of benzene rings is 1. The summed E-state index contributed by atoms with van der Waals surface area (Å²) < 4.78 is 3.30. The lowest BCUT2D eigenvalue weighted by Crippen LogP contribution is -1.80. The first-order valence-electron chi connectivity index (χ1n) is 2.56. The molecule has 0 amide bonds. The molecule has 1 rings (SSSR count). The number of halogens is 4. The minimum atomic E-state index is 0.234. The van der Waals surface area contributed by atoms with Crippen molar-refractivity contribution in [2.45, 2.75) is 0 Å². The highest BCUT2D eigenvalue weighted by atomic mass is 127. The van der Waals surface area contributed by atoms with Crippen LogP contribution in [-0.2, 0) is 0 Å². The van der Waals surface area contributed by atoms with E-state index in [0.717, 1.165) is 8.04 Å². The quantitative estimate of drug-likeness (QED) is 0.351. The molecule has 5 heteroatoms. The molecule has 1 aromatic carbocycles. The molecule has 1 aromatic rings. The second-order valence-corrected chi connectivity index (χ2v) is 5.40. The number of phenols is 1. The van der Waals surface area contributed by atoms with Gasteiger partial charge in [0.05, 0.1) is 8.95 Å². The Morgan fingerprint density at radius 3 is 2.27 bits per heavy atom. The van der Waals surface area contributed by atoms with Crippen LogP contribution in [-0.4, -0.2) is 5.11 Å². The van der Waals surface area contributed by atoms with E-state index in [1.54, 1.807) is 0 Å². The average Bonchev–Trinajstić information content (AvgIpc) is 1.97. The van der Waals surface area contributed by atoms with Crippen LogP contribution >= 0.6 is 70.4 Å². The molecule has 0 aliphatic rings. The molecule has 0 aliphatic carbocycles. The topological polar surface area (TPSA) is 20.2 Å². The van der Waals surface area contributed by atoms with Crippen molar-refractivity contribution in [1.82, 2.24) is 0 Å². The third-order valence-electron chi connectivity index (χ3n) is 1.09. The van der Waals surface area contributed by atoms with Gasteiger partial charge in [0.1, 0.15) is 5.75 Å². The summed E-state index contributed by atoms with van der Waals surface area (Å²) in [5.74, 6) is 0.234. The molecule has 0 aliphatic heterocycles. The van der Waals surface area contributed by atoms with E-state index in [1.807, 2.05) is 6.07 Å². The molecule has 0 spiro atoms. The highest BCUT2D eigenvalue weighted by Crippen LogP contribution is 2.39. The average molecular weight is 457 g/mol. The summed E-state index contributed by atoms with van der Waals surface area (Å²) in [6, 6.07) is 1.81. The standard InChI is InChI=1S/C6H2Br3IO/c7-2-1-3(8)6(11)4(9)5(2)10/h1,11H. The highest BCUT2D eigenvalue weighted by molar-refractivity contribution is 14.1. The third kappa shape index (κ3) is 2.10. The highest BCUT2D eigenvalue weighted by Gasteiger charge is 2.10. The summed E-state index contributed by atoms with van der Waals surface area (Å²) in [4.78, 5) is 0. The van der Waals surface area contributed by atoms with Crippen LogP contribution in [0.4, 0.5) is 0 Å². The molecule has 0 heterocycles. The number of rotatable bonds is 0.